The number of nitrogens with zero attached hydrogens (tertiary/aromatic N) is 4. The number of hydrogen-bond acceptors (Lipinski definition) is 7. The van der Waals surface area contributed by atoms with Crippen LogP contribution >= 0.6 is 23.2 Å². The van der Waals surface area contributed by atoms with E-state index in [0.29, 0.717) is 22.7 Å². The number of pyridine rings is 2. The quantitative estimate of drug-likeness (QED) is 0.349. The second kappa shape index (κ2) is 9.06. The predicted octanol–water partition coefficient (Wildman–Crippen LogP) is 4.66. The largest absolute Gasteiger partial charge is 0.454 e. The Morgan fingerprint density at radius 3 is 2.47 bits per heavy atom. The second-order valence-electron chi connectivity index (χ2n) is 7.76. The number of aromatic amines is 1. The molecule has 0 radical (unpaired) electrons. The number of aryl methyl sites for hydroxylation is 1. The standard InChI is InChI=1S/C24H15Cl2FN6O3/c1-11-6-20(19-4-2-12(27)10-29-19)30-18-5-3-14(9-15(11)18)36-21-16(25)7-13(8-17(21)26)33-24(35)31-23(34)22(28)32-33/h2-10H,1H3,(H2,28,32)(H,31,34,35). The average Bonchev–Trinajstić information content (AvgIpc) is 2.84. The zero-order valence-electron chi connectivity index (χ0n) is 18.4. The van der Waals surface area contributed by atoms with Crippen LogP contribution in [0.5, 0.6) is 11.5 Å². The topological polar surface area (TPSA) is 129 Å². The van der Waals surface area contributed by atoms with Gasteiger partial charge in [-0.1, -0.05) is 23.2 Å². The Bertz CT molecular complexity index is 1750. The van der Waals surface area contributed by atoms with Gasteiger partial charge in [-0.3, -0.25) is 14.8 Å². The number of benzene rings is 2. The van der Waals surface area contributed by atoms with Gasteiger partial charge in [-0.25, -0.2) is 14.2 Å². The molecule has 0 unspecified atom stereocenters. The van der Waals surface area contributed by atoms with Crippen LogP contribution in [0.2, 0.25) is 10.0 Å². The Kier molecular flexibility index (Phi) is 5.91. The van der Waals surface area contributed by atoms with E-state index < -0.39 is 17.1 Å². The van der Waals surface area contributed by atoms with Gasteiger partial charge in [0.15, 0.2) is 5.75 Å². The van der Waals surface area contributed by atoms with E-state index in [1.165, 1.54) is 18.2 Å². The minimum absolute atomic E-state index is 0.101. The van der Waals surface area contributed by atoms with Crippen molar-refractivity contribution in [3.05, 3.63) is 97.0 Å². The van der Waals surface area contributed by atoms with Crippen LogP contribution in [0.3, 0.4) is 0 Å². The molecule has 0 saturated carbocycles. The highest BCUT2D eigenvalue weighted by molar-refractivity contribution is 6.37. The summed E-state index contributed by atoms with van der Waals surface area (Å²) in [6.07, 6.45) is 1.14. The lowest BCUT2D eigenvalue weighted by molar-refractivity contribution is 0.483. The van der Waals surface area contributed by atoms with E-state index in [-0.39, 0.29) is 27.3 Å². The molecule has 0 atom stereocenters. The molecule has 5 rings (SSSR count). The Morgan fingerprint density at radius 1 is 1.03 bits per heavy atom. The first-order chi connectivity index (χ1) is 17.2. The third-order valence-electron chi connectivity index (χ3n) is 5.28. The molecule has 180 valence electrons. The number of hydrogen-bond donors (Lipinski definition) is 2. The van der Waals surface area contributed by atoms with Gasteiger partial charge in [-0.05, 0) is 61.0 Å². The van der Waals surface area contributed by atoms with E-state index in [4.69, 9.17) is 33.7 Å². The summed E-state index contributed by atoms with van der Waals surface area (Å²) in [5, 5.41) is 4.79. The van der Waals surface area contributed by atoms with Crippen molar-refractivity contribution in [3.63, 3.8) is 0 Å². The molecular weight excluding hydrogens is 510 g/mol. The average molecular weight is 525 g/mol. The summed E-state index contributed by atoms with van der Waals surface area (Å²) < 4.78 is 20.1. The maximum Gasteiger partial charge on any atom is 0.349 e. The molecule has 12 heteroatoms. The molecule has 0 aliphatic carbocycles. The van der Waals surface area contributed by atoms with Crippen LogP contribution in [0.4, 0.5) is 10.2 Å². The van der Waals surface area contributed by atoms with Crippen LogP contribution in [-0.4, -0.2) is 24.7 Å². The van der Waals surface area contributed by atoms with Crippen molar-refractivity contribution in [2.75, 3.05) is 5.73 Å². The third-order valence-corrected chi connectivity index (χ3v) is 5.84. The fourth-order valence-electron chi connectivity index (χ4n) is 3.57. The molecule has 3 N–H and O–H groups in total. The first-order valence-corrected chi connectivity index (χ1v) is 11.1. The fraction of sp³-hybridized carbons (Fsp3) is 0.0417. The molecule has 5 aromatic rings. The fourth-order valence-corrected chi connectivity index (χ4v) is 4.12. The summed E-state index contributed by atoms with van der Waals surface area (Å²) in [6.45, 7) is 1.91. The first kappa shape index (κ1) is 23.5. The lowest BCUT2D eigenvalue weighted by Crippen LogP contribution is -2.33. The van der Waals surface area contributed by atoms with Gasteiger partial charge in [0.2, 0.25) is 5.82 Å². The number of nitrogens with one attached hydrogen (secondary N) is 1. The monoisotopic (exact) mass is 524 g/mol. The van der Waals surface area contributed by atoms with Crippen molar-refractivity contribution in [1.82, 2.24) is 24.7 Å². The van der Waals surface area contributed by atoms with Crippen molar-refractivity contribution in [3.8, 4) is 28.6 Å². The summed E-state index contributed by atoms with van der Waals surface area (Å²) in [7, 11) is 0. The minimum atomic E-state index is -0.803. The maximum absolute atomic E-state index is 13.2. The third kappa shape index (κ3) is 4.39. The van der Waals surface area contributed by atoms with Crippen LogP contribution in [0.1, 0.15) is 5.56 Å². The van der Waals surface area contributed by atoms with Crippen molar-refractivity contribution in [2.45, 2.75) is 6.92 Å². The molecule has 9 nitrogen and oxygen atoms in total. The first-order valence-electron chi connectivity index (χ1n) is 10.4. The van der Waals surface area contributed by atoms with Crippen molar-refractivity contribution >= 4 is 39.9 Å². The molecule has 0 spiro atoms. The van der Waals surface area contributed by atoms with Gasteiger partial charge in [0.25, 0.3) is 5.56 Å². The zero-order chi connectivity index (χ0) is 25.6. The van der Waals surface area contributed by atoms with Crippen LogP contribution in [-0.2, 0) is 0 Å². The SMILES string of the molecule is Cc1cc(-c2ccc(F)cn2)nc2ccc(Oc3c(Cl)cc(-n4nc(N)c(=O)[nH]c4=O)cc3Cl)cc12. The number of H-pyrrole nitrogens is 1. The molecule has 0 saturated heterocycles. The highest BCUT2D eigenvalue weighted by Gasteiger charge is 2.15. The Hall–Kier alpha value is -4.28. The van der Waals surface area contributed by atoms with Crippen molar-refractivity contribution < 1.29 is 9.13 Å². The molecule has 0 aliphatic heterocycles. The molecule has 0 amide bonds. The van der Waals surface area contributed by atoms with E-state index in [1.54, 1.807) is 24.3 Å². The van der Waals surface area contributed by atoms with Gasteiger partial charge in [-0.2, -0.15) is 4.68 Å². The summed E-state index contributed by atoms with van der Waals surface area (Å²) in [5.41, 5.74) is 6.86. The number of fused-ring (bicyclic) bond motifs is 1. The van der Waals surface area contributed by atoms with Gasteiger partial charge < -0.3 is 10.5 Å². The van der Waals surface area contributed by atoms with E-state index in [1.807, 2.05) is 13.0 Å². The number of ether oxygens (including phenoxy) is 1. The highest BCUT2D eigenvalue weighted by Crippen LogP contribution is 2.39. The van der Waals surface area contributed by atoms with Gasteiger partial charge in [0.05, 0.1) is 38.8 Å². The van der Waals surface area contributed by atoms with Crippen LogP contribution in [0.25, 0.3) is 28.0 Å². The summed E-state index contributed by atoms with van der Waals surface area (Å²) in [6, 6.07) is 12.8. The number of rotatable bonds is 4. The molecule has 3 heterocycles. The maximum atomic E-state index is 13.2. The van der Waals surface area contributed by atoms with Crippen LogP contribution in [0.15, 0.2) is 64.3 Å². The minimum Gasteiger partial charge on any atom is -0.454 e. The zero-order valence-corrected chi connectivity index (χ0v) is 19.9. The van der Waals surface area contributed by atoms with E-state index in [2.05, 4.69) is 20.1 Å². The number of nitrogens with two attached hydrogens (primary N) is 1. The summed E-state index contributed by atoms with van der Waals surface area (Å²) >= 11 is 12.8. The number of nitrogen functional groups attached to an aromatic ring is 1. The molecular formula is C24H15Cl2FN6O3. The normalized spacial score (nSPS) is 11.1. The summed E-state index contributed by atoms with van der Waals surface area (Å²) in [5.74, 6) is -0.208. The predicted molar refractivity (Wildman–Crippen MR) is 135 cm³/mol. The number of halogens is 3. The van der Waals surface area contributed by atoms with E-state index in [9.17, 15) is 14.0 Å². The number of aromatic nitrogens is 5. The highest BCUT2D eigenvalue weighted by atomic mass is 35.5. The van der Waals surface area contributed by atoms with Gasteiger partial charge >= 0.3 is 5.69 Å². The Balaban J connectivity index is 1.49. The molecule has 36 heavy (non-hydrogen) atoms. The number of anilines is 1. The van der Waals surface area contributed by atoms with Crippen LogP contribution < -0.4 is 21.7 Å². The van der Waals surface area contributed by atoms with E-state index >= 15 is 0 Å². The second-order valence-corrected chi connectivity index (χ2v) is 8.58. The molecule has 0 fully saturated rings. The smallest absolute Gasteiger partial charge is 0.349 e. The van der Waals surface area contributed by atoms with Crippen LogP contribution in [0, 0.1) is 12.7 Å². The van der Waals surface area contributed by atoms with Gasteiger partial charge in [0, 0.05) is 5.39 Å². The molecule has 0 bridgehead atoms. The van der Waals surface area contributed by atoms with Gasteiger partial charge in [0.1, 0.15) is 11.6 Å². The molecule has 0 aliphatic rings. The van der Waals surface area contributed by atoms with Crippen molar-refractivity contribution in [1.29, 1.82) is 0 Å². The molecule has 2 aromatic carbocycles. The Morgan fingerprint density at radius 2 is 1.78 bits per heavy atom. The molecule has 3 aromatic heterocycles. The summed E-state index contributed by atoms with van der Waals surface area (Å²) in [4.78, 5) is 34.4. The van der Waals surface area contributed by atoms with Crippen molar-refractivity contribution in [2.24, 2.45) is 0 Å². The van der Waals surface area contributed by atoms with Gasteiger partial charge in [-0.15, -0.1) is 5.10 Å². The lowest BCUT2D eigenvalue weighted by Gasteiger charge is -2.13. The lowest BCUT2D eigenvalue weighted by atomic mass is 10.1. The Labute approximate surface area is 211 Å². The van der Waals surface area contributed by atoms with E-state index in [0.717, 1.165) is 21.8 Å².